The van der Waals surface area contributed by atoms with E-state index >= 15 is 0 Å². The molecule has 0 unspecified atom stereocenters. The molecule has 0 aliphatic carbocycles. The summed E-state index contributed by atoms with van der Waals surface area (Å²) in [7, 11) is 1.61. The molecule has 0 atom stereocenters. The molecule has 2 aromatic carbocycles. The zero-order valence-corrected chi connectivity index (χ0v) is 22.4. The highest BCUT2D eigenvalue weighted by Crippen LogP contribution is 2.28. The number of ether oxygens (including phenoxy) is 1. The van der Waals surface area contributed by atoms with Crippen LogP contribution in [0.2, 0.25) is 5.02 Å². The largest absolute Gasteiger partial charge is 0.383 e. The van der Waals surface area contributed by atoms with Gasteiger partial charge in [-0.2, -0.15) is 5.10 Å². The number of nitrogens with one attached hydrogen (secondary N) is 2. The van der Waals surface area contributed by atoms with Crippen LogP contribution in [0, 0.1) is 0 Å². The molecule has 202 valence electrons. The second-order valence-electron chi connectivity index (χ2n) is 9.23. The summed E-state index contributed by atoms with van der Waals surface area (Å²) in [4.78, 5) is 34.4. The van der Waals surface area contributed by atoms with Crippen molar-refractivity contribution < 1.29 is 14.3 Å². The van der Waals surface area contributed by atoms with Crippen molar-refractivity contribution in [2.45, 2.75) is 0 Å². The minimum absolute atomic E-state index is 0.00524. The third kappa shape index (κ3) is 6.36. The molecule has 4 aromatic rings. The normalized spacial score (nSPS) is 13.9. The van der Waals surface area contributed by atoms with Gasteiger partial charge in [-0.1, -0.05) is 35.9 Å². The first-order valence-corrected chi connectivity index (χ1v) is 13.1. The lowest BCUT2D eigenvalue weighted by molar-refractivity contribution is -0.122. The number of carbonyl (C=O) groups excluding carboxylic acids is 2. The van der Waals surface area contributed by atoms with E-state index in [1.807, 2.05) is 48.5 Å². The van der Waals surface area contributed by atoms with E-state index in [0.29, 0.717) is 36.1 Å². The van der Waals surface area contributed by atoms with E-state index in [4.69, 9.17) is 16.3 Å². The Morgan fingerprint density at radius 1 is 1.05 bits per heavy atom. The molecule has 0 saturated carbocycles. The number of anilines is 2. The molecule has 2 amide bonds. The molecular weight excluding hydrogens is 518 g/mol. The summed E-state index contributed by atoms with van der Waals surface area (Å²) in [5.41, 5.74) is 4.15. The van der Waals surface area contributed by atoms with Crippen LogP contribution in [0.1, 0.15) is 10.5 Å². The van der Waals surface area contributed by atoms with Gasteiger partial charge in [-0.05, 0) is 35.9 Å². The van der Waals surface area contributed by atoms with Crippen LogP contribution in [-0.2, 0) is 9.53 Å². The third-order valence-electron chi connectivity index (χ3n) is 6.60. The van der Waals surface area contributed by atoms with Gasteiger partial charge in [0.1, 0.15) is 5.69 Å². The van der Waals surface area contributed by atoms with Crippen molar-refractivity contribution in [3.8, 4) is 11.1 Å². The Hall–Kier alpha value is -3.99. The van der Waals surface area contributed by atoms with Crippen LogP contribution in [0.25, 0.3) is 16.8 Å². The van der Waals surface area contributed by atoms with Gasteiger partial charge in [0.25, 0.3) is 5.91 Å². The fourth-order valence-corrected chi connectivity index (χ4v) is 4.79. The van der Waals surface area contributed by atoms with Crippen molar-refractivity contribution >= 4 is 40.4 Å². The smallest absolute Gasteiger partial charge is 0.274 e. The maximum absolute atomic E-state index is 13.3. The topological polar surface area (TPSA) is 104 Å². The lowest BCUT2D eigenvalue weighted by Crippen LogP contribution is -2.49. The molecule has 3 heterocycles. The Kier molecular flexibility index (Phi) is 8.36. The van der Waals surface area contributed by atoms with E-state index in [1.54, 1.807) is 30.1 Å². The van der Waals surface area contributed by atoms with Crippen LogP contribution in [0.4, 0.5) is 11.4 Å². The summed E-state index contributed by atoms with van der Waals surface area (Å²) in [5.74, 6) is -0.316. The summed E-state index contributed by atoms with van der Waals surface area (Å²) >= 11 is 6.18. The number of nitrogens with zero attached hydrogens (tertiary/aromatic N) is 5. The van der Waals surface area contributed by atoms with Crippen LogP contribution in [0.5, 0.6) is 0 Å². The average Bonchev–Trinajstić information content (AvgIpc) is 3.37. The number of carbonyl (C=O) groups is 2. The van der Waals surface area contributed by atoms with Gasteiger partial charge in [0.15, 0.2) is 5.65 Å². The van der Waals surface area contributed by atoms with Crippen molar-refractivity contribution in [1.82, 2.24) is 24.8 Å². The molecule has 0 bridgehead atoms. The molecule has 5 rings (SSSR count). The summed E-state index contributed by atoms with van der Waals surface area (Å²) in [6.07, 6.45) is 3.44. The second-order valence-corrected chi connectivity index (χ2v) is 9.66. The lowest BCUT2D eigenvalue weighted by Gasteiger charge is -2.36. The number of para-hydroxylation sites is 2. The number of aromatic nitrogens is 3. The molecule has 2 N–H and O–H groups in total. The Labute approximate surface area is 231 Å². The molecule has 0 spiro atoms. The first kappa shape index (κ1) is 26.6. The highest BCUT2D eigenvalue weighted by molar-refractivity contribution is 6.30. The summed E-state index contributed by atoms with van der Waals surface area (Å²) < 4.78 is 6.61. The highest BCUT2D eigenvalue weighted by atomic mass is 35.5. The zero-order valence-electron chi connectivity index (χ0n) is 21.6. The molecular formula is C28H30ClN7O3. The predicted octanol–water partition coefficient (Wildman–Crippen LogP) is 3.19. The predicted molar refractivity (Wildman–Crippen MR) is 151 cm³/mol. The second kappa shape index (κ2) is 12.2. The summed E-state index contributed by atoms with van der Waals surface area (Å²) in [6, 6.07) is 16.8. The van der Waals surface area contributed by atoms with E-state index in [-0.39, 0.29) is 17.5 Å². The molecule has 1 fully saturated rings. The highest BCUT2D eigenvalue weighted by Gasteiger charge is 2.22. The first-order valence-electron chi connectivity index (χ1n) is 12.8. The molecule has 1 aliphatic rings. The number of benzene rings is 2. The number of piperazine rings is 1. The standard InChI is InChI=1S/C28H30ClN7O3/c1-39-16-10-30-26(37)19-34-12-14-35(15-13-34)25-8-3-2-7-23(25)33-28(38)24-9-11-36-27(32-24)22(18-31-36)20-5-4-6-21(29)17-20/h2-9,11,17-18H,10,12-16,19H2,1H3,(H,30,37)(H,33,38). The molecule has 10 nitrogen and oxygen atoms in total. The van der Waals surface area contributed by atoms with Crippen LogP contribution in [0.3, 0.4) is 0 Å². The molecule has 0 radical (unpaired) electrons. The SMILES string of the molecule is COCCNC(=O)CN1CCN(c2ccccc2NC(=O)c2ccn3ncc(-c4cccc(Cl)c4)c3n2)CC1. The fraction of sp³-hybridized carbons (Fsp3) is 0.286. The maximum Gasteiger partial charge on any atom is 0.274 e. The monoisotopic (exact) mass is 547 g/mol. The minimum atomic E-state index is -0.311. The Morgan fingerprint density at radius 2 is 1.87 bits per heavy atom. The van der Waals surface area contributed by atoms with Gasteiger partial charge in [0.05, 0.1) is 30.7 Å². The van der Waals surface area contributed by atoms with Gasteiger partial charge in [0, 0.05) is 56.6 Å². The molecule has 11 heteroatoms. The number of fused-ring (bicyclic) bond motifs is 1. The zero-order chi connectivity index (χ0) is 27.2. The van der Waals surface area contributed by atoms with Gasteiger partial charge in [-0.3, -0.25) is 14.5 Å². The lowest BCUT2D eigenvalue weighted by atomic mass is 10.1. The van der Waals surface area contributed by atoms with Gasteiger partial charge < -0.3 is 20.3 Å². The first-order chi connectivity index (χ1) is 19.0. The van der Waals surface area contributed by atoms with Crippen LogP contribution in [-0.4, -0.2) is 84.3 Å². The maximum atomic E-state index is 13.3. The fourth-order valence-electron chi connectivity index (χ4n) is 4.59. The number of rotatable bonds is 9. The minimum Gasteiger partial charge on any atom is -0.383 e. The molecule has 1 saturated heterocycles. The van der Waals surface area contributed by atoms with Crippen molar-refractivity contribution in [3.63, 3.8) is 0 Å². The van der Waals surface area contributed by atoms with Gasteiger partial charge in [-0.15, -0.1) is 0 Å². The van der Waals surface area contributed by atoms with Crippen molar-refractivity contribution in [2.75, 3.05) is 63.2 Å². The number of halogens is 1. The Morgan fingerprint density at radius 3 is 2.67 bits per heavy atom. The van der Waals surface area contributed by atoms with Gasteiger partial charge in [0.2, 0.25) is 5.91 Å². The van der Waals surface area contributed by atoms with E-state index < -0.39 is 0 Å². The van der Waals surface area contributed by atoms with E-state index in [9.17, 15) is 9.59 Å². The van der Waals surface area contributed by atoms with Gasteiger partial charge in [-0.25, -0.2) is 9.50 Å². The van der Waals surface area contributed by atoms with Crippen molar-refractivity contribution in [2.24, 2.45) is 0 Å². The van der Waals surface area contributed by atoms with Gasteiger partial charge >= 0.3 is 0 Å². The summed E-state index contributed by atoms with van der Waals surface area (Å²) in [6.45, 7) is 4.32. The van der Waals surface area contributed by atoms with Crippen LogP contribution >= 0.6 is 11.6 Å². The van der Waals surface area contributed by atoms with E-state index in [0.717, 1.165) is 43.0 Å². The Bertz CT molecular complexity index is 1470. The van der Waals surface area contributed by atoms with Crippen LogP contribution < -0.4 is 15.5 Å². The third-order valence-corrected chi connectivity index (χ3v) is 6.83. The van der Waals surface area contributed by atoms with E-state index in [2.05, 4.69) is 30.5 Å². The van der Waals surface area contributed by atoms with Crippen molar-refractivity contribution in [3.05, 3.63) is 77.7 Å². The average molecular weight is 548 g/mol. The number of amides is 2. The number of hydrogen-bond donors (Lipinski definition) is 2. The molecule has 39 heavy (non-hydrogen) atoms. The number of hydrogen-bond acceptors (Lipinski definition) is 7. The summed E-state index contributed by atoms with van der Waals surface area (Å²) in [5, 5.41) is 10.9. The number of methoxy groups -OCH3 is 1. The molecule has 2 aromatic heterocycles. The van der Waals surface area contributed by atoms with Crippen molar-refractivity contribution in [1.29, 1.82) is 0 Å². The van der Waals surface area contributed by atoms with Crippen LogP contribution in [0.15, 0.2) is 67.0 Å². The molecule has 1 aliphatic heterocycles. The van der Waals surface area contributed by atoms with E-state index in [1.165, 1.54) is 0 Å². The Balaban J connectivity index is 1.26. The quantitative estimate of drug-likeness (QED) is 0.310.